The summed E-state index contributed by atoms with van der Waals surface area (Å²) in [6.07, 6.45) is 0. The van der Waals surface area contributed by atoms with Crippen LogP contribution in [0.25, 0.3) is 0 Å². The zero-order valence-electron chi connectivity index (χ0n) is 12.2. The van der Waals surface area contributed by atoms with Gasteiger partial charge in [-0.25, -0.2) is 0 Å². The van der Waals surface area contributed by atoms with Gasteiger partial charge >= 0.3 is 0 Å². The van der Waals surface area contributed by atoms with Crippen LogP contribution in [0.3, 0.4) is 0 Å². The molecule has 0 radical (unpaired) electrons. The molecule has 21 heavy (non-hydrogen) atoms. The van der Waals surface area contributed by atoms with E-state index in [4.69, 9.17) is 4.42 Å². The smallest absolute Gasteiger partial charge is 0.287 e. The molecule has 0 bridgehead atoms. The van der Waals surface area contributed by atoms with Crippen LogP contribution in [0.2, 0.25) is 0 Å². The first-order valence-corrected chi connectivity index (χ1v) is 7.21. The summed E-state index contributed by atoms with van der Waals surface area (Å²) < 4.78 is 5.47. The van der Waals surface area contributed by atoms with Gasteiger partial charge in [0.2, 0.25) is 0 Å². The van der Waals surface area contributed by atoms with E-state index in [1.807, 2.05) is 0 Å². The molecule has 0 aromatic carbocycles. The highest BCUT2D eigenvalue weighted by Gasteiger charge is 2.20. The average Bonchev–Trinajstić information content (AvgIpc) is 2.94. The highest BCUT2D eigenvalue weighted by molar-refractivity contribution is 5.93. The number of carbonyl (C=O) groups is 2. The van der Waals surface area contributed by atoms with Crippen molar-refractivity contribution >= 4 is 11.9 Å². The molecule has 2 N–H and O–H groups in total. The van der Waals surface area contributed by atoms with Crippen LogP contribution in [0.1, 0.15) is 23.2 Å². The molecule has 0 atom stereocenters. The molecule has 0 aliphatic carbocycles. The third-order valence-corrected chi connectivity index (χ3v) is 3.71. The van der Waals surface area contributed by atoms with E-state index < -0.39 is 18.4 Å². The third kappa shape index (κ3) is 4.57. The normalized spacial score (nSPS) is 16.8. The van der Waals surface area contributed by atoms with E-state index in [0.29, 0.717) is 0 Å². The number of rotatable bonds is 6. The number of amides is 1. The number of nitrogens with zero attached hydrogens (tertiary/aromatic N) is 1. The molecule has 2 rings (SSSR count). The van der Waals surface area contributed by atoms with Crippen LogP contribution in [0, 0.1) is 0 Å². The Kier molecular flexibility index (Phi) is 5.35. The quantitative estimate of drug-likeness (QED) is 0.604. The molecule has 1 fully saturated rings. The van der Waals surface area contributed by atoms with Gasteiger partial charge in [-0.05, 0) is 18.7 Å². The summed E-state index contributed by atoms with van der Waals surface area (Å²) >= 11 is 0. The molecule has 7 nitrogen and oxygen atoms in total. The number of piperazine rings is 1. The van der Waals surface area contributed by atoms with Gasteiger partial charge in [-0.3, -0.25) is 9.69 Å². The van der Waals surface area contributed by atoms with Crippen LogP contribution in [0.5, 0.6) is 0 Å². The minimum absolute atomic E-state index is 0.137. The molecule has 0 unspecified atom stereocenters. The second kappa shape index (κ2) is 7.24. The van der Waals surface area contributed by atoms with E-state index in [1.165, 1.54) is 4.90 Å². The number of furan rings is 1. The average molecular weight is 295 g/mol. The van der Waals surface area contributed by atoms with E-state index in [-0.39, 0.29) is 5.76 Å². The highest BCUT2D eigenvalue weighted by atomic mass is 16.4. The summed E-state index contributed by atoms with van der Waals surface area (Å²) in [4.78, 5) is 25.8. The molecule has 1 aliphatic heterocycles. The monoisotopic (exact) mass is 295 g/mol. The Morgan fingerprint density at radius 1 is 1.38 bits per heavy atom. The predicted molar refractivity (Wildman–Crippen MR) is 72.6 cm³/mol. The van der Waals surface area contributed by atoms with Crippen LogP contribution < -0.4 is 15.3 Å². The third-order valence-electron chi connectivity index (χ3n) is 3.71. The lowest BCUT2D eigenvalue weighted by Crippen LogP contribution is -3.13. The Morgan fingerprint density at radius 3 is 2.71 bits per heavy atom. The van der Waals surface area contributed by atoms with Crippen molar-refractivity contribution in [2.45, 2.75) is 13.5 Å². The molecule has 2 heterocycles. The number of hydrogen-bond donors (Lipinski definition) is 2. The van der Waals surface area contributed by atoms with Crippen LogP contribution in [-0.4, -0.2) is 56.0 Å². The maximum atomic E-state index is 11.6. The van der Waals surface area contributed by atoms with Gasteiger partial charge in [0.1, 0.15) is 6.54 Å². The van der Waals surface area contributed by atoms with Crippen molar-refractivity contribution in [3.05, 3.63) is 23.7 Å². The predicted octanol–water partition coefficient (Wildman–Crippen LogP) is -2.52. The van der Waals surface area contributed by atoms with Crippen molar-refractivity contribution in [3.8, 4) is 0 Å². The van der Waals surface area contributed by atoms with E-state index in [2.05, 4.69) is 17.1 Å². The Balaban J connectivity index is 1.83. The van der Waals surface area contributed by atoms with Crippen molar-refractivity contribution in [2.75, 3.05) is 39.3 Å². The zero-order valence-corrected chi connectivity index (χ0v) is 12.2. The number of aliphatic carboxylic acids is 1. The number of carboxylic acids is 1. The Bertz CT molecular complexity index is 492. The second-order valence-corrected chi connectivity index (χ2v) is 5.18. The topological polar surface area (TPSA) is 90.0 Å². The van der Waals surface area contributed by atoms with E-state index >= 15 is 0 Å². The van der Waals surface area contributed by atoms with Gasteiger partial charge in [-0.2, -0.15) is 0 Å². The van der Waals surface area contributed by atoms with Crippen LogP contribution in [-0.2, 0) is 11.3 Å². The van der Waals surface area contributed by atoms with Crippen LogP contribution >= 0.6 is 0 Å². The number of nitrogens with one attached hydrogen (secondary N) is 2. The summed E-state index contributed by atoms with van der Waals surface area (Å²) in [6, 6.07) is 3.34. The maximum Gasteiger partial charge on any atom is 0.287 e. The van der Waals surface area contributed by atoms with Crippen LogP contribution in [0.15, 0.2) is 16.5 Å². The molecule has 1 saturated heterocycles. The summed E-state index contributed by atoms with van der Waals surface area (Å²) in [6.45, 7) is 7.73. The Hall–Kier alpha value is -1.86. The molecule has 1 aliphatic rings. The molecule has 7 heteroatoms. The molecule has 1 aromatic rings. The second-order valence-electron chi connectivity index (χ2n) is 5.18. The highest BCUT2D eigenvalue weighted by Crippen LogP contribution is 2.06. The minimum Gasteiger partial charge on any atom is -0.548 e. The van der Waals surface area contributed by atoms with E-state index in [0.717, 1.165) is 45.0 Å². The molecule has 1 amide bonds. The fourth-order valence-corrected chi connectivity index (χ4v) is 2.44. The lowest BCUT2D eigenvalue weighted by atomic mass is 10.3. The molecule has 1 aromatic heterocycles. The van der Waals surface area contributed by atoms with E-state index in [9.17, 15) is 14.7 Å². The summed E-state index contributed by atoms with van der Waals surface area (Å²) in [7, 11) is 0. The Labute approximate surface area is 123 Å². The van der Waals surface area contributed by atoms with Crippen LogP contribution in [0.4, 0.5) is 0 Å². The first-order chi connectivity index (χ1) is 10.1. The number of hydrogen-bond acceptors (Lipinski definition) is 5. The summed E-state index contributed by atoms with van der Waals surface area (Å²) in [5.74, 6) is -0.976. The molecule has 116 valence electrons. The first-order valence-electron chi connectivity index (χ1n) is 7.21. The first kappa shape index (κ1) is 15.5. The zero-order chi connectivity index (χ0) is 15.2. The Morgan fingerprint density at radius 2 is 2.10 bits per heavy atom. The number of carboxylic acid groups (broad SMARTS) is 1. The molecular weight excluding hydrogens is 274 g/mol. The molecular formula is C14H21N3O4. The summed E-state index contributed by atoms with van der Waals surface area (Å²) in [5, 5.41) is 12.5. The SMILES string of the molecule is CCN1CC[NH+](Cc2ccc(C(=O)NCC(=O)[O-])o2)CC1. The lowest BCUT2D eigenvalue weighted by molar-refractivity contribution is -0.919. The number of carbonyl (C=O) groups excluding carboxylic acids is 2. The number of likely N-dealkylation sites (N-methyl/N-ethyl adjacent to an activating group) is 1. The van der Waals surface area contributed by atoms with Crippen molar-refractivity contribution < 1.29 is 24.0 Å². The van der Waals surface area contributed by atoms with Crippen molar-refractivity contribution in [1.29, 1.82) is 0 Å². The lowest BCUT2D eigenvalue weighted by Gasteiger charge is -2.30. The fraction of sp³-hybridized carbons (Fsp3) is 0.571. The maximum absolute atomic E-state index is 11.6. The van der Waals surface area contributed by atoms with Crippen molar-refractivity contribution in [1.82, 2.24) is 10.2 Å². The standard InChI is InChI=1S/C14H21N3O4/c1-2-16-5-7-17(8-6-16)10-11-3-4-12(21-11)14(20)15-9-13(18)19/h3-4H,2,5-10H2,1H3,(H,15,20)(H,18,19). The van der Waals surface area contributed by atoms with Crippen molar-refractivity contribution in [3.63, 3.8) is 0 Å². The van der Waals surface area contributed by atoms with Gasteiger partial charge in [0.25, 0.3) is 5.91 Å². The fourth-order valence-electron chi connectivity index (χ4n) is 2.44. The van der Waals surface area contributed by atoms with Gasteiger partial charge in [0.15, 0.2) is 11.5 Å². The summed E-state index contributed by atoms with van der Waals surface area (Å²) in [5.41, 5.74) is 0. The van der Waals surface area contributed by atoms with Gasteiger partial charge in [-0.1, -0.05) is 6.92 Å². The molecule has 0 saturated carbocycles. The minimum atomic E-state index is -1.33. The van der Waals surface area contributed by atoms with Gasteiger partial charge < -0.3 is 24.5 Å². The molecule has 0 spiro atoms. The number of quaternary nitrogens is 1. The van der Waals surface area contributed by atoms with Gasteiger partial charge in [-0.15, -0.1) is 0 Å². The van der Waals surface area contributed by atoms with Gasteiger partial charge in [0, 0.05) is 13.1 Å². The largest absolute Gasteiger partial charge is 0.548 e. The van der Waals surface area contributed by atoms with Gasteiger partial charge in [0.05, 0.1) is 25.6 Å². The van der Waals surface area contributed by atoms with E-state index in [1.54, 1.807) is 12.1 Å². The van der Waals surface area contributed by atoms with Crippen molar-refractivity contribution in [2.24, 2.45) is 0 Å².